The highest BCUT2D eigenvalue weighted by Gasteiger charge is 2.20. The number of amides is 2. The quantitative estimate of drug-likeness (QED) is 0.323. The van der Waals surface area contributed by atoms with E-state index in [9.17, 15) is 18.0 Å². The van der Waals surface area contributed by atoms with Crippen LogP contribution in [0.15, 0.2) is 71.8 Å². The monoisotopic (exact) mass is 544 g/mol. The second-order valence-electron chi connectivity index (χ2n) is 7.52. The first kappa shape index (κ1) is 25.5. The van der Waals surface area contributed by atoms with Gasteiger partial charge in [0.2, 0.25) is 0 Å². The van der Waals surface area contributed by atoms with Crippen molar-refractivity contribution in [2.75, 3.05) is 13.2 Å². The molecule has 3 N–H and O–H groups in total. The third kappa shape index (κ3) is 5.63. The molecule has 0 atom stereocenters. The molecule has 0 spiro atoms. The van der Waals surface area contributed by atoms with Gasteiger partial charge in [0, 0.05) is 28.7 Å². The number of rotatable bonds is 7. The van der Waals surface area contributed by atoms with Crippen LogP contribution in [0.1, 0.15) is 20.8 Å². The van der Waals surface area contributed by atoms with Crippen LogP contribution in [-0.4, -0.2) is 48.5 Å². The number of carbonyl (C=O) groups excluding carboxylic acids is 2. The van der Waals surface area contributed by atoms with Crippen molar-refractivity contribution in [2.45, 2.75) is 4.90 Å². The third-order valence-electron chi connectivity index (χ3n) is 5.06. The zero-order valence-electron chi connectivity index (χ0n) is 18.4. The summed E-state index contributed by atoms with van der Waals surface area (Å²) in [6, 6.07) is 15.2. The van der Waals surface area contributed by atoms with Crippen LogP contribution in [0.2, 0.25) is 10.0 Å². The van der Waals surface area contributed by atoms with E-state index in [1.807, 2.05) is 4.72 Å². The number of sulfonamides is 1. The lowest BCUT2D eigenvalue weighted by Crippen LogP contribution is -2.31. The lowest BCUT2D eigenvalue weighted by atomic mass is 10.1. The molecule has 4 rings (SSSR count). The minimum Gasteiger partial charge on any atom is -0.395 e. The Morgan fingerprint density at radius 3 is 2.36 bits per heavy atom. The van der Waals surface area contributed by atoms with Gasteiger partial charge in [-0.05, 0) is 48.5 Å². The molecule has 2 aromatic heterocycles. The van der Waals surface area contributed by atoms with E-state index in [0.29, 0.717) is 32.2 Å². The van der Waals surface area contributed by atoms with E-state index >= 15 is 0 Å². The van der Waals surface area contributed by atoms with E-state index in [4.69, 9.17) is 28.3 Å². The standard InChI is InChI=1S/C24H18Cl2N4O5S/c25-16-4-8-20-18(11-16)19(26)12-22(29-20)14-1-5-17(6-2-14)36(34,35)30-23(32)15-3-7-21(28-13-15)24(33)27-9-10-31/h1-8,11-13,31H,9-10H2,(H,27,33)(H,30,32). The lowest BCUT2D eigenvalue weighted by molar-refractivity contribution is 0.0936. The highest BCUT2D eigenvalue weighted by molar-refractivity contribution is 7.90. The molecule has 0 radical (unpaired) electrons. The molecule has 0 saturated carbocycles. The number of fused-ring (bicyclic) bond motifs is 1. The molecule has 2 heterocycles. The van der Waals surface area contributed by atoms with E-state index in [-0.39, 0.29) is 29.3 Å². The van der Waals surface area contributed by atoms with E-state index in [0.717, 1.165) is 6.20 Å². The van der Waals surface area contributed by atoms with Crippen LogP contribution in [0.3, 0.4) is 0 Å². The van der Waals surface area contributed by atoms with Gasteiger partial charge < -0.3 is 10.4 Å². The van der Waals surface area contributed by atoms with Gasteiger partial charge >= 0.3 is 0 Å². The number of hydrogen-bond acceptors (Lipinski definition) is 7. The number of aromatic nitrogens is 2. The topological polar surface area (TPSA) is 138 Å². The summed E-state index contributed by atoms with van der Waals surface area (Å²) in [4.78, 5) is 32.6. The maximum atomic E-state index is 12.7. The Bertz CT molecular complexity index is 1560. The highest BCUT2D eigenvalue weighted by atomic mass is 35.5. The number of nitrogens with one attached hydrogen (secondary N) is 2. The Morgan fingerprint density at radius 2 is 1.69 bits per heavy atom. The van der Waals surface area contributed by atoms with Gasteiger partial charge in [-0.2, -0.15) is 0 Å². The fraction of sp³-hybridized carbons (Fsp3) is 0.0833. The molecule has 0 aliphatic heterocycles. The van der Waals surface area contributed by atoms with Crippen LogP contribution in [0.4, 0.5) is 0 Å². The molecule has 184 valence electrons. The third-order valence-corrected chi connectivity index (χ3v) is 6.96. The molecule has 4 aromatic rings. The van der Waals surface area contributed by atoms with E-state index in [2.05, 4.69) is 15.3 Å². The van der Waals surface area contributed by atoms with Crippen LogP contribution in [0, 0.1) is 0 Å². The molecule has 0 bridgehead atoms. The van der Waals surface area contributed by atoms with Gasteiger partial charge in [-0.1, -0.05) is 35.3 Å². The van der Waals surface area contributed by atoms with E-state index < -0.39 is 21.8 Å². The van der Waals surface area contributed by atoms with Crippen molar-refractivity contribution in [1.29, 1.82) is 0 Å². The Morgan fingerprint density at radius 1 is 0.944 bits per heavy atom. The predicted octanol–water partition coefficient (Wildman–Crippen LogP) is 3.44. The first-order chi connectivity index (χ1) is 17.2. The summed E-state index contributed by atoms with van der Waals surface area (Å²) in [6.45, 7) is -0.175. The molecule has 2 aromatic carbocycles. The minimum absolute atomic E-state index is 0.0175. The van der Waals surface area contributed by atoms with Crippen molar-refractivity contribution >= 4 is 55.9 Å². The SMILES string of the molecule is O=C(NS(=O)(=O)c1ccc(-c2cc(Cl)c3cc(Cl)ccc3n2)cc1)c1ccc(C(=O)NCCO)nc1. The van der Waals surface area contributed by atoms with Crippen LogP contribution >= 0.6 is 23.2 Å². The Balaban J connectivity index is 1.50. The van der Waals surface area contributed by atoms with Crippen LogP contribution in [0.25, 0.3) is 22.2 Å². The number of benzene rings is 2. The van der Waals surface area contributed by atoms with Crippen LogP contribution < -0.4 is 10.0 Å². The molecule has 0 aliphatic rings. The number of hydrogen-bond donors (Lipinski definition) is 3. The van der Waals surface area contributed by atoms with Crippen molar-refractivity contribution in [2.24, 2.45) is 0 Å². The zero-order chi connectivity index (χ0) is 25.9. The summed E-state index contributed by atoms with van der Waals surface area (Å²) in [5.74, 6) is -1.44. The van der Waals surface area contributed by atoms with Crippen molar-refractivity contribution in [1.82, 2.24) is 20.0 Å². The van der Waals surface area contributed by atoms with Crippen LogP contribution in [0.5, 0.6) is 0 Å². The van der Waals surface area contributed by atoms with Crippen molar-refractivity contribution in [3.8, 4) is 11.3 Å². The van der Waals surface area contributed by atoms with Crippen molar-refractivity contribution in [3.63, 3.8) is 0 Å². The van der Waals surface area contributed by atoms with Gasteiger partial charge in [0.1, 0.15) is 5.69 Å². The normalized spacial score (nSPS) is 11.3. The molecule has 9 nitrogen and oxygen atoms in total. The summed E-state index contributed by atoms with van der Waals surface area (Å²) < 4.78 is 27.4. The fourth-order valence-corrected chi connectivity index (χ4v) is 4.67. The highest BCUT2D eigenvalue weighted by Crippen LogP contribution is 2.30. The largest absolute Gasteiger partial charge is 0.395 e. The Labute approximate surface area is 216 Å². The lowest BCUT2D eigenvalue weighted by Gasteiger charge is -2.09. The number of halogens is 2. The smallest absolute Gasteiger partial charge is 0.269 e. The van der Waals surface area contributed by atoms with Gasteiger partial charge in [0.05, 0.1) is 33.3 Å². The molecule has 36 heavy (non-hydrogen) atoms. The first-order valence-electron chi connectivity index (χ1n) is 10.5. The van der Waals surface area contributed by atoms with Crippen molar-refractivity contribution in [3.05, 3.63) is 88.2 Å². The maximum absolute atomic E-state index is 12.7. The summed E-state index contributed by atoms with van der Waals surface area (Å²) in [7, 11) is -4.19. The fourth-order valence-electron chi connectivity index (χ4n) is 3.27. The summed E-state index contributed by atoms with van der Waals surface area (Å²) in [5.41, 5.74) is 1.76. The second-order valence-corrected chi connectivity index (χ2v) is 10.0. The summed E-state index contributed by atoms with van der Waals surface area (Å²) in [5, 5.41) is 12.9. The molecule has 12 heteroatoms. The number of pyridine rings is 2. The average molecular weight is 545 g/mol. The predicted molar refractivity (Wildman–Crippen MR) is 136 cm³/mol. The van der Waals surface area contributed by atoms with Gasteiger partial charge in [0.15, 0.2) is 0 Å². The molecule has 0 aliphatic carbocycles. The molecule has 0 saturated heterocycles. The Hall–Kier alpha value is -3.57. The van der Waals surface area contributed by atoms with Crippen molar-refractivity contribution < 1.29 is 23.1 Å². The van der Waals surface area contributed by atoms with Gasteiger partial charge in [0.25, 0.3) is 21.8 Å². The minimum atomic E-state index is -4.19. The van der Waals surface area contributed by atoms with Gasteiger partial charge in [-0.3, -0.25) is 14.6 Å². The number of carbonyl (C=O) groups is 2. The van der Waals surface area contributed by atoms with Gasteiger partial charge in [-0.25, -0.2) is 18.1 Å². The molecule has 0 fully saturated rings. The molecule has 2 amide bonds. The Kier molecular flexibility index (Phi) is 7.51. The number of aliphatic hydroxyl groups is 1. The van der Waals surface area contributed by atoms with Gasteiger partial charge in [-0.15, -0.1) is 0 Å². The van der Waals surface area contributed by atoms with E-state index in [1.165, 1.54) is 24.3 Å². The molecular formula is C24H18Cl2N4O5S. The summed E-state index contributed by atoms with van der Waals surface area (Å²) >= 11 is 12.4. The summed E-state index contributed by atoms with van der Waals surface area (Å²) in [6.07, 6.45) is 1.09. The maximum Gasteiger partial charge on any atom is 0.269 e. The van der Waals surface area contributed by atoms with E-state index in [1.54, 1.807) is 36.4 Å². The molecule has 0 unspecified atom stereocenters. The number of aliphatic hydroxyl groups excluding tert-OH is 1. The first-order valence-corrected chi connectivity index (χ1v) is 12.7. The average Bonchev–Trinajstić information content (AvgIpc) is 2.87. The van der Waals surface area contributed by atoms with Crippen LogP contribution in [-0.2, 0) is 10.0 Å². The second kappa shape index (κ2) is 10.6. The zero-order valence-corrected chi connectivity index (χ0v) is 20.7. The number of nitrogens with zero attached hydrogens (tertiary/aromatic N) is 2. The molecular weight excluding hydrogens is 527 g/mol.